The summed E-state index contributed by atoms with van der Waals surface area (Å²) < 4.78 is 9.15. The van der Waals surface area contributed by atoms with Gasteiger partial charge in [0.1, 0.15) is 0 Å². The highest BCUT2D eigenvalue weighted by Gasteiger charge is 2.24. The van der Waals surface area contributed by atoms with Gasteiger partial charge in [0.05, 0.1) is 18.7 Å². The lowest BCUT2D eigenvalue weighted by Gasteiger charge is -2.09. The largest absolute Gasteiger partial charge is 0.462 e. The van der Waals surface area contributed by atoms with Crippen LogP contribution in [0.4, 0.5) is 0 Å². The molecule has 2 aromatic rings. The first-order valence-corrected chi connectivity index (χ1v) is 7.80. The number of nitrogens with zero attached hydrogens (tertiary/aromatic N) is 3. The van der Waals surface area contributed by atoms with Gasteiger partial charge in [0.25, 0.3) is 11.7 Å². The monoisotopic (exact) mass is 318 g/mol. The van der Waals surface area contributed by atoms with Gasteiger partial charge in [0.15, 0.2) is 17.6 Å². The van der Waals surface area contributed by atoms with E-state index in [0.717, 1.165) is 23.4 Å². The molecule has 0 aliphatic rings. The molecular formula is C17H24N3O3+. The number of rotatable bonds is 5. The van der Waals surface area contributed by atoms with Gasteiger partial charge in [-0.3, -0.25) is 4.79 Å². The zero-order valence-corrected chi connectivity index (χ0v) is 14.4. The van der Waals surface area contributed by atoms with Crippen LogP contribution in [-0.2, 0) is 22.6 Å². The summed E-state index contributed by atoms with van der Waals surface area (Å²) in [5.74, 6) is 0.648. The fourth-order valence-corrected chi connectivity index (χ4v) is 2.68. The molecule has 124 valence electrons. The molecule has 1 heterocycles. The number of esters is 1. The summed E-state index contributed by atoms with van der Waals surface area (Å²) in [7, 11) is 3.47. The Hall–Kier alpha value is -2.37. The third-order valence-corrected chi connectivity index (χ3v) is 3.96. The maximum absolute atomic E-state index is 12.1. The topological polar surface area (TPSA) is 55.4 Å². The Morgan fingerprint density at radius 3 is 2.52 bits per heavy atom. The minimum Gasteiger partial charge on any atom is -0.462 e. The van der Waals surface area contributed by atoms with E-state index in [4.69, 9.17) is 4.74 Å². The molecule has 6 heteroatoms. The van der Waals surface area contributed by atoms with E-state index >= 15 is 0 Å². The number of imidazole rings is 1. The van der Waals surface area contributed by atoms with Gasteiger partial charge >= 0.3 is 5.97 Å². The van der Waals surface area contributed by atoms with Crippen LogP contribution >= 0.6 is 0 Å². The lowest BCUT2D eigenvalue weighted by Crippen LogP contribution is -2.36. The fraction of sp³-hybridized carbons (Fsp3) is 0.471. The summed E-state index contributed by atoms with van der Waals surface area (Å²) in [6.07, 6.45) is 0. The first kappa shape index (κ1) is 17.0. The van der Waals surface area contributed by atoms with E-state index in [0.29, 0.717) is 12.2 Å². The van der Waals surface area contributed by atoms with Gasteiger partial charge < -0.3 is 9.64 Å². The molecule has 0 atom stereocenters. The second kappa shape index (κ2) is 6.81. The second-order valence-electron chi connectivity index (χ2n) is 5.59. The van der Waals surface area contributed by atoms with Crippen LogP contribution in [0.25, 0.3) is 11.0 Å². The molecule has 0 aliphatic heterocycles. The summed E-state index contributed by atoms with van der Waals surface area (Å²) >= 11 is 0. The van der Waals surface area contributed by atoms with Crippen LogP contribution in [0.3, 0.4) is 0 Å². The number of ether oxygens (including phenoxy) is 1. The molecule has 2 rings (SSSR count). The van der Waals surface area contributed by atoms with Crippen molar-refractivity contribution in [1.29, 1.82) is 0 Å². The number of fused-ring (bicyclic) bond motifs is 1. The van der Waals surface area contributed by atoms with E-state index in [9.17, 15) is 9.59 Å². The molecule has 6 nitrogen and oxygen atoms in total. The lowest BCUT2D eigenvalue weighted by molar-refractivity contribution is -0.674. The molecule has 0 radical (unpaired) electrons. The molecule has 1 aromatic carbocycles. The van der Waals surface area contributed by atoms with Gasteiger partial charge in [-0.2, -0.15) is 0 Å². The summed E-state index contributed by atoms with van der Waals surface area (Å²) in [6, 6.07) is 5.48. The molecule has 0 bridgehead atoms. The number of benzene rings is 1. The molecule has 0 fully saturated rings. The number of carbonyl (C=O) groups is 2. The molecule has 0 saturated heterocycles. The number of hydrogen-bond acceptors (Lipinski definition) is 3. The van der Waals surface area contributed by atoms with Crippen molar-refractivity contribution in [3.8, 4) is 0 Å². The van der Waals surface area contributed by atoms with Crippen LogP contribution < -0.4 is 4.57 Å². The smallest absolute Gasteiger partial charge is 0.338 e. The van der Waals surface area contributed by atoms with E-state index in [1.165, 1.54) is 0 Å². The Morgan fingerprint density at radius 2 is 1.96 bits per heavy atom. The quantitative estimate of drug-likeness (QED) is 0.620. The Morgan fingerprint density at radius 1 is 1.26 bits per heavy atom. The number of hydrogen-bond donors (Lipinski definition) is 0. The minimum atomic E-state index is -0.346. The van der Waals surface area contributed by atoms with E-state index in [1.54, 1.807) is 38.1 Å². The molecule has 1 aromatic heterocycles. The van der Waals surface area contributed by atoms with Gasteiger partial charge in [-0.05, 0) is 26.0 Å². The Kier molecular flexibility index (Phi) is 5.03. The summed E-state index contributed by atoms with van der Waals surface area (Å²) in [6.45, 7) is 7.20. The highest BCUT2D eigenvalue weighted by atomic mass is 16.5. The average Bonchev–Trinajstić information content (AvgIpc) is 2.78. The Labute approximate surface area is 136 Å². The lowest BCUT2D eigenvalue weighted by atomic mass is 10.2. The van der Waals surface area contributed by atoms with Crippen LogP contribution in [0.1, 0.15) is 30.0 Å². The fourth-order valence-electron chi connectivity index (χ4n) is 2.68. The van der Waals surface area contributed by atoms with Crippen molar-refractivity contribution in [3.63, 3.8) is 0 Å². The van der Waals surface area contributed by atoms with Gasteiger partial charge in [-0.15, -0.1) is 0 Å². The number of aromatic nitrogens is 2. The van der Waals surface area contributed by atoms with Crippen LogP contribution in [0.15, 0.2) is 18.2 Å². The molecule has 0 aliphatic carbocycles. The average molecular weight is 318 g/mol. The van der Waals surface area contributed by atoms with Crippen molar-refractivity contribution in [2.45, 2.75) is 33.9 Å². The SMILES string of the molecule is CCOC(=O)c1ccc2c(c1)n(CC(=O)N(C)C)c(C)[n+]2CC. The van der Waals surface area contributed by atoms with Crippen molar-refractivity contribution in [2.24, 2.45) is 0 Å². The van der Waals surface area contributed by atoms with Crippen molar-refractivity contribution < 1.29 is 18.9 Å². The van der Waals surface area contributed by atoms with Gasteiger partial charge in [0.2, 0.25) is 0 Å². The third kappa shape index (κ3) is 3.21. The van der Waals surface area contributed by atoms with Crippen LogP contribution in [0, 0.1) is 6.92 Å². The standard InChI is InChI=1S/C17H24N3O3/c1-6-19-12(3)20(11-16(21)18(4)5)15-10-13(8-9-14(15)19)17(22)23-7-2/h8-10H,6-7,11H2,1-5H3/q+1. The van der Waals surface area contributed by atoms with Crippen LogP contribution in [0.2, 0.25) is 0 Å². The normalized spacial score (nSPS) is 10.8. The van der Waals surface area contributed by atoms with E-state index in [1.807, 2.05) is 17.6 Å². The van der Waals surface area contributed by atoms with E-state index < -0.39 is 0 Å². The first-order chi connectivity index (χ1) is 10.9. The Balaban J connectivity index is 2.58. The first-order valence-electron chi connectivity index (χ1n) is 7.80. The summed E-state index contributed by atoms with van der Waals surface area (Å²) in [4.78, 5) is 25.7. The van der Waals surface area contributed by atoms with Crippen molar-refractivity contribution in [3.05, 3.63) is 29.6 Å². The summed E-state index contributed by atoms with van der Waals surface area (Å²) in [5, 5.41) is 0. The van der Waals surface area contributed by atoms with Gasteiger partial charge in [-0.25, -0.2) is 13.9 Å². The van der Waals surface area contributed by atoms with Crippen molar-refractivity contribution in [2.75, 3.05) is 20.7 Å². The highest BCUT2D eigenvalue weighted by Crippen LogP contribution is 2.18. The molecule has 0 N–H and O–H groups in total. The number of carbonyl (C=O) groups excluding carboxylic acids is 2. The second-order valence-corrected chi connectivity index (χ2v) is 5.59. The van der Waals surface area contributed by atoms with Crippen LogP contribution in [-0.4, -0.2) is 42.0 Å². The number of aryl methyl sites for hydroxylation is 1. The molecule has 23 heavy (non-hydrogen) atoms. The van der Waals surface area contributed by atoms with E-state index in [2.05, 4.69) is 11.5 Å². The number of likely N-dealkylation sites (N-methyl/N-ethyl adjacent to an activating group) is 1. The molecule has 1 amide bonds. The maximum atomic E-state index is 12.1. The van der Waals surface area contributed by atoms with Crippen molar-refractivity contribution >= 4 is 22.9 Å². The Bertz CT molecular complexity index is 747. The number of amides is 1. The molecule has 0 unspecified atom stereocenters. The zero-order valence-electron chi connectivity index (χ0n) is 14.4. The summed E-state index contributed by atoms with van der Waals surface area (Å²) in [5.41, 5.74) is 2.37. The molecule has 0 saturated carbocycles. The third-order valence-electron chi connectivity index (χ3n) is 3.96. The van der Waals surface area contributed by atoms with Gasteiger partial charge in [-0.1, -0.05) is 0 Å². The predicted molar refractivity (Wildman–Crippen MR) is 87.2 cm³/mol. The van der Waals surface area contributed by atoms with E-state index in [-0.39, 0.29) is 18.4 Å². The predicted octanol–water partition coefficient (Wildman–Crippen LogP) is 1.52. The molecular weight excluding hydrogens is 294 g/mol. The van der Waals surface area contributed by atoms with Gasteiger partial charge in [0, 0.05) is 27.1 Å². The highest BCUT2D eigenvalue weighted by molar-refractivity contribution is 5.93. The minimum absolute atomic E-state index is 0.00907. The van der Waals surface area contributed by atoms with Crippen molar-refractivity contribution in [1.82, 2.24) is 9.47 Å². The molecule has 0 spiro atoms. The zero-order chi connectivity index (χ0) is 17.1. The maximum Gasteiger partial charge on any atom is 0.338 e. The van der Waals surface area contributed by atoms with Crippen LogP contribution in [0.5, 0.6) is 0 Å².